The summed E-state index contributed by atoms with van der Waals surface area (Å²) in [6.07, 6.45) is -2.63. The van der Waals surface area contributed by atoms with Gasteiger partial charge in [-0.3, -0.25) is 4.79 Å². The molecule has 0 aromatic carbocycles. The zero-order valence-electron chi connectivity index (χ0n) is 6.28. The Labute approximate surface area is 86.0 Å². The van der Waals surface area contributed by atoms with E-state index in [1.54, 1.807) is 0 Å². The van der Waals surface area contributed by atoms with Crippen molar-refractivity contribution in [2.75, 3.05) is 0 Å². The van der Waals surface area contributed by atoms with Crippen molar-refractivity contribution in [2.45, 2.75) is 12.3 Å². The molecule has 0 aliphatic heterocycles. The fourth-order valence-electron chi connectivity index (χ4n) is 0.827. The van der Waals surface area contributed by atoms with E-state index >= 15 is 0 Å². The quantitative estimate of drug-likeness (QED) is 0.652. The molecule has 0 spiro atoms. The summed E-state index contributed by atoms with van der Waals surface area (Å²) in [6.45, 7) is 0. The zero-order valence-corrected chi connectivity index (χ0v) is 8.62. The van der Waals surface area contributed by atoms with Crippen molar-refractivity contribution in [1.82, 2.24) is 4.98 Å². The third-order valence-electron chi connectivity index (χ3n) is 1.48. The molecule has 1 heterocycles. The molecule has 1 aromatic heterocycles. The van der Waals surface area contributed by atoms with Crippen LogP contribution in [-0.2, 0) is 5.88 Å². The molecule has 72 valence electrons. The van der Waals surface area contributed by atoms with E-state index in [-0.39, 0.29) is 21.6 Å². The Morgan fingerprint density at radius 1 is 1.62 bits per heavy atom. The van der Waals surface area contributed by atoms with Crippen molar-refractivity contribution < 1.29 is 8.78 Å². The van der Waals surface area contributed by atoms with Gasteiger partial charge in [-0.1, -0.05) is 0 Å². The minimum atomic E-state index is -2.63. The number of hydrogen-bond donors (Lipinski definition) is 1. The van der Waals surface area contributed by atoms with E-state index in [1.165, 1.54) is 0 Å². The number of nitrogens with one attached hydrogen (secondary N) is 1. The van der Waals surface area contributed by atoms with E-state index in [0.29, 0.717) is 0 Å². The molecule has 1 N–H and O–H groups in total. The van der Waals surface area contributed by atoms with Crippen LogP contribution in [0, 0.1) is 0 Å². The highest BCUT2D eigenvalue weighted by atomic mass is 79.9. The number of halogens is 4. The van der Waals surface area contributed by atoms with E-state index < -0.39 is 12.0 Å². The van der Waals surface area contributed by atoms with Crippen LogP contribution in [0.25, 0.3) is 0 Å². The number of H-pyrrole nitrogens is 1. The molecular formula is C7H5BrClF2NO. The number of aromatic amines is 1. The Bertz CT molecular complexity index is 366. The van der Waals surface area contributed by atoms with Gasteiger partial charge in [0.25, 0.3) is 12.0 Å². The lowest BCUT2D eigenvalue weighted by Crippen LogP contribution is -2.13. The first-order chi connectivity index (χ1) is 6.06. The second-order valence-corrected chi connectivity index (χ2v) is 3.39. The lowest BCUT2D eigenvalue weighted by molar-refractivity contribution is 0.150. The van der Waals surface area contributed by atoms with Crippen LogP contribution in [0.5, 0.6) is 0 Å². The molecule has 6 heteroatoms. The van der Waals surface area contributed by atoms with Gasteiger partial charge in [0.2, 0.25) is 0 Å². The van der Waals surface area contributed by atoms with Crippen LogP contribution < -0.4 is 5.56 Å². The fraction of sp³-hybridized carbons (Fsp3) is 0.286. The zero-order chi connectivity index (χ0) is 10.0. The normalized spacial score (nSPS) is 10.8. The highest BCUT2D eigenvalue weighted by Gasteiger charge is 2.14. The van der Waals surface area contributed by atoms with Crippen molar-refractivity contribution in [2.24, 2.45) is 0 Å². The highest BCUT2D eigenvalue weighted by molar-refractivity contribution is 9.10. The Morgan fingerprint density at radius 2 is 2.23 bits per heavy atom. The molecule has 1 rings (SSSR count). The average molecular weight is 272 g/mol. The van der Waals surface area contributed by atoms with Crippen molar-refractivity contribution in [3.63, 3.8) is 0 Å². The summed E-state index contributed by atoms with van der Waals surface area (Å²) < 4.78 is 24.6. The predicted molar refractivity (Wildman–Crippen MR) is 49.3 cm³/mol. The number of aromatic nitrogens is 1. The summed E-state index contributed by atoms with van der Waals surface area (Å²) in [6, 6.07) is 1.10. The lowest BCUT2D eigenvalue weighted by Gasteiger charge is -2.03. The van der Waals surface area contributed by atoms with E-state index in [0.717, 1.165) is 6.07 Å². The van der Waals surface area contributed by atoms with Crippen LogP contribution in [0.15, 0.2) is 15.5 Å². The van der Waals surface area contributed by atoms with Crippen molar-refractivity contribution >= 4 is 27.5 Å². The number of pyridine rings is 1. The smallest absolute Gasteiger partial charge is 0.266 e. The van der Waals surface area contributed by atoms with Crippen LogP contribution in [-0.4, -0.2) is 4.98 Å². The second-order valence-electron chi connectivity index (χ2n) is 2.33. The number of rotatable bonds is 2. The maximum absolute atomic E-state index is 12.3. The van der Waals surface area contributed by atoms with Gasteiger partial charge in [-0.05, 0) is 22.0 Å². The minimum absolute atomic E-state index is 0.00127. The third-order valence-corrected chi connectivity index (χ3v) is 2.42. The van der Waals surface area contributed by atoms with Crippen LogP contribution in [0.3, 0.4) is 0 Å². The molecule has 0 amide bonds. The summed E-state index contributed by atoms with van der Waals surface area (Å²) in [5.74, 6) is -0.0810. The van der Waals surface area contributed by atoms with Crippen molar-refractivity contribution in [3.05, 3.63) is 32.2 Å². The second kappa shape index (κ2) is 4.19. The maximum atomic E-state index is 12.3. The predicted octanol–water partition coefficient (Wildman–Crippen LogP) is 2.81. The number of alkyl halides is 3. The third kappa shape index (κ3) is 2.28. The molecule has 1 aromatic rings. The molecule has 0 saturated carbocycles. The van der Waals surface area contributed by atoms with Gasteiger partial charge in [0.1, 0.15) is 0 Å². The molecule has 0 aliphatic rings. The van der Waals surface area contributed by atoms with E-state index in [2.05, 4.69) is 20.9 Å². The van der Waals surface area contributed by atoms with Crippen LogP contribution in [0.1, 0.15) is 17.6 Å². The molecule has 2 nitrogen and oxygen atoms in total. The minimum Gasteiger partial charge on any atom is -0.316 e. The van der Waals surface area contributed by atoms with Gasteiger partial charge in [0, 0.05) is 11.1 Å². The average Bonchev–Trinajstić information content (AvgIpc) is 2.03. The Balaban J connectivity index is 3.31. The maximum Gasteiger partial charge on any atom is 0.266 e. The first kappa shape index (κ1) is 10.7. The summed E-state index contributed by atoms with van der Waals surface area (Å²) in [5.41, 5.74) is -0.568. The van der Waals surface area contributed by atoms with E-state index in [9.17, 15) is 13.6 Å². The van der Waals surface area contributed by atoms with Crippen LogP contribution in [0.2, 0.25) is 0 Å². The molecule has 0 radical (unpaired) electrons. The molecule has 0 bridgehead atoms. The van der Waals surface area contributed by atoms with E-state index in [4.69, 9.17) is 11.6 Å². The molecule has 0 atom stereocenters. The number of hydrogen-bond acceptors (Lipinski definition) is 1. The van der Waals surface area contributed by atoms with Gasteiger partial charge < -0.3 is 4.98 Å². The summed E-state index contributed by atoms with van der Waals surface area (Å²) in [7, 11) is 0. The Morgan fingerprint density at radius 3 is 2.69 bits per heavy atom. The SMILES string of the molecule is O=c1[nH]c(Br)c(C(F)F)cc1CCl. The van der Waals surface area contributed by atoms with Crippen LogP contribution in [0.4, 0.5) is 8.78 Å². The first-order valence-corrected chi connectivity index (χ1v) is 4.64. The van der Waals surface area contributed by atoms with Gasteiger partial charge in [-0.25, -0.2) is 8.78 Å². The van der Waals surface area contributed by atoms with Crippen molar-refractivity contribution in [3.8, 4) is 0 Å². The van der Waals surface area contributed by atoms with Gasteiger partial charge in [0.05, 0.1) is 10.5 Å². The molecule has 0 fully saturated rings. The van der Waals surface area contributed by atoms with Gasteiger partial charge in [-0.2, -0.15) is 0 Å². The lowest BCUT2D eigenvalue weighted by atomic mass is 10.2. The first-order valence-electron chi connectivity index (χ1n) is 3.32. The topological polar surface area (TPSA) is 32.9 Å². The molecule has 0 aliphatic carbocycles. The van der Waals surface area contributed by atoms with E-state index in [1.807, 2.05) is 0 Å². The largest absolute Gasteiger partial charge is 0.316 e. The fourth-order valence-corrected chi connectivity index (χ4v) is 1.49. The van der Waals surface area contributed by atoms with Gasteiger partial charge in [-0.15, -0.1) is 11.6 Å². The highest BCUT2D eigenvalue weighted by Crippen LogP contribution is 2.25. The van der Waals surface area contributed by atoms with Crippen molar-refractivity contribution in [1.29, 1.82) is 0 Å². The van der Waals surface area contributed by atoms with Crippen LogP contribution >= 0.6 is 27.5 Å². The van der Waals surface area contributed by atoms with Gasteiger partial charge in [0.15, 0.2) is 0 Å². The molecule has 0 saturated heterocycles. The van der Waals surface area contributed by atoms with Gasteiger partial charge >= 0.3 is 0 Å². The Hall–Kier alpha value is -0.420. The molecular weight excluding hydrogens is 267 g/mol. The summed E-state index contributed by atoms with van der Waals surface area (Å²) >= 11 is 8.21. The standard InChI is InChI=1S/C7H5BrClF2NO/c8-5-4(6(10)11)1-3(2-9)7(13)12-5/h1,6H,2H2,(H,12,13). The molecule has 0 unspecified atom stereocenters. The monoisotopic (exact) mass is 271 g/mol. The Kier molecular flexibility index (Phi) is 3.44. The summed E-state index contributed by atoms with van der Waals surface area (Å²) in [4.78, 5) is 13.3. The summed E-state index contributed by atoms with van der Waals surface area (Å²) in [5, 5.41) is 0. The molecule has 13 heavy (non-hydrogen) atoms.